The fraction of sp³-hybridized carbons (Fsp3) is 0.350. The van der Waals surface area contributed by atoms with Gasteiger partial charge in [0.1, 0.15) is 11.4 Å². The quantitative estimate of drug-likeness (QED) is 0.616. The Hall–Kier alpha value is -1.59. The second-order valence-corrected chi connectivity index (χ2v) is 8.48. The molecule has 0 aliphatic carbocycles. The highest BCUT2D eigenvalue weighted by Crippen LogP contribution is 2.39. The molecule has 5 heteroatoms. The summed E-state index contributed by atoms with van der Waals surface area (Å²) in [4.78, 5) is 0. The number of nitrogens with one attached hydrogen (secondary N) is 2. The fourth-order valence-electron chi connectivity index (χ4n) is 3.15. The van der Waals surface area contributed by atoms with Crippen LogP contribution in [0.2, 0.25) is 0 Å². The molecule has 1 aliphatic rings. The van der Waals surface area contributed by atoms with Crippen LogP contribution >= 0.6 is 28.1 Å². The van der Waals surface area contributed by atoms with E-state index >= 15 is 0 Å². The molecule has 0 radical (unpaired) electrons. The van der Waals surface area contributed by atoms with Crippen LogP contribution in [0.4, 0.5) is 5.69 Å². The van der Waals surface area contributed by atoms with Crippen LogP contribution < -0.4 is 15.4 Å². The van der Waals surface area contributed by atoms with Crippen molar-refractivity contribution in [3.05, 3.63) is 57.6 Å². The molecule has 2 N–H and O–H groups in total. The standard InChI is InChI=1S/C20H23BrN2OS/c1-12-5-8-18-15(9-12)17(11-20(3,4)24-18)23-19(25)22-14-6-7-16(21)13(2)10-14/h5-10,17H,11H2,1-4H3,(H2,22,23,25)/t17-/m0/s1. The third-order valence-corrected chi connectivity index (χ3v) is 5.45. The molecule has 2 aromatic carbocycles. The molecule has 0 amide bonds. The number of benzene rings is 2. The van der Waals surface area contributed by atoms with Crippen molar-refractivity contribution in [3.8, 4) is 5.75 Å². The Morgan fingerprint density at radius 1 is 1.20 bits per heavy atom. The van der Waals surface area contributed by atoms with Crippen LogP contribution in [0.5, 0.6) is 5.75 Å². The van der Waals surface area contributed by atoms with Gasteiger partial charge in [-0.25, -0.2) is 0 Å². The van der Waals surface area contributed by atoms with Gasteiger partial charge < -0.3 is 15.4 Å². The predicted molar refractivity (Wildman–Crippen MR) is 111 cm³/mol. The first-order valence-corrected chi connectivity index (χ1v) is 9.57. The van der Waals surface area contributed by atoms with Crippen molar-refractivity contribution in [1.82, 2.24) is 5.32 Å². The minimum atomic E-state index is -0.232. The van der Waals surface area contributed by atoms with E-state index in [1.54, 1.807) is 0 Å². The van der Waals surface area contributed by atoms with Crippen molar-refractivity contribution in [2.45, 2.75) is 45.8 Å². The number of ether oxygens (including phenoxy) is 1. The highest BCUT2D eigenvalue weighted by atomic mass is 79.9. The lowest BCUT2D eigenvalue weighted by Crippen LogP contribution is -2.42. The molecule has 0 aromatic heterocycles. The van der Waals surface area contributed by atoms with E-state index in [2.05, 4.69) is 78.5 Å². The molecule has 132 valence electrons. The van der Waals surface area contributed by atoms with E-state index < -0.39 is 0 Å². The van der Waals surface area contributed by atoms with Crippen molar-refractivity contribution >= 4 is 38.9 Å². The first-order chi connectivity index (χ1) is 11.7. The van der Waals surface area contributed by atoms with Crippen molar-refractivity contribution in [1.29, 1.82) is 0 Å². The molecule has 3 nitrogen and oxygen atoms in total. The summed E-state index contributed by atoms with van der Waals surface area (Å²) in [5.74, 6) is 0.932. The largest absolute Gasteiger partial charge is 0.487 e. The average molecular weight is 419 g/mol. The monoisotopic (exact) mass is 418 g/mol. The third-order valence-electron chi connectivity index (χ3n) is 4.34. The van der Waals surface area contributed by atoms with Crippen LogP contribution in [-0.4, -0.2) is 10.7 Å². The van der Waals surface area contributed by atoms with Gasteiger partial charge in [-0.2, -0.15) is 0 Å². The zero-order valence-corrected chi connectivity index (χ0v) is 17.3. The molecule has 3 rings (SSSR count). The predicted octanol–water partition coefficient (Wildman–Crippen LogP) is 5.65. The normalized spacial score (nSPS) is 18.0. The Labute approximate surface area is 163 Å². The van der Waals surface area contributed by atoms with Crippen molar-refractivity contribution < 1.29 is 4.74 Å². The van der Waals surface area contributed by atoms with Crippen LogP contribution in [0.15, 0.2) is 40.9 Å². The first kappa shape index (κ1) is 18.2. The van der Waals surface area contributed by atoms with E-state index in [9.17, 15) is 0 Å². The number of hydrogen-bond acceptors (Lipinski definition) is 2. The fourth-order valence-corrected chi connectivity index (χ4v) is 3.66. The molecular weight excluding hydrogens is 396 g/mol. The van der Waals surface area contributed by atoms with E-state index in [1.807, 2.05) is 12.1 Å². The number of hydrogen-bond donors (Lipinski definition) is 2. The van der Waals surface area contributed by atoms with E-state index in [4.69, 9.17) is 17.0 Å². The van der Waals surface area contributed by atoms with Gasteiger partial charge in [0, 0.05) is 22.1 Å². The Kier molecular flexibility index (Phi) is 5.07. The average Bonchev–Trinajstić information content (AvgIpc) is 2.51. The van der Waals surface area contributed by atoms with Gasteiger partial charge in [-0.3, -0.25) is 0 Å². The third kappa shape index (κ3) is 4.33. The minimum absolute atomic E-state index is 0.121. The van der Waals surface area contributed by atoms with E-state index in [0.717, 1.165) is 27.9 Å². The topological polar surface area (TPSA) is 33.3 Å². The molecule has 25 heavy (non-hydrogen) atoms. The molecule has 0 saturated carbocycles. The van der Waals surface area contributed by atoms with Crippen LogP contribution in [0.3, 0.4) is 0 Å². The van der Waals surface area contributed by atoms with Gasteiger partial charge in [0.15, 0.2) is 5.11 Å². The summed E-state index contributed by atoms with van der Waals surface area (Å²) in [5, 5.41) is 7.38. The molecule has 0 spiro atoms. The summed E-state index contributed by atoms with van der Waals surface area (Å²) in [6, 6.07) is 12.5. The number of thiocarbonyl (C=S) groups is 1. The second kappa shape index (κ2) is 6.96. The number of halogens is 1. The van der Waals surface area contributed by atoms with Gasteiger partial charge in [-0.1, -0.05) is 33.6 Å². The minimum Gasteiger partial charge on any atom is -0.487 e. The number of fused-ring (bicyclic) bond motifs is 1. The summed E-state index contributed by atoms with van der Waals surface area (Å²) < 4.78 is 7.21. The van der Waals surface area contributed by atoms with Gasteiger partial charge >= 0.3 is 0 Å². The van der Waals surface area contributed by atoms with Crippen LogP contribution in [-0.2, 0) is 0 Å². The maximum atomic E-state index is 6.12. The van der Waals surface area contributed by atoms with Gasteiger partial charge in [-0.15, -0.1) is 0 Å². The van der Waals surface area contributed by atoms with E-state index in [0.29, 0.717) is 5.11 Å². The number of rotatable bonds is 2. The summed E-state index contributed by atoms with van der Waals surface area (Å²) in [6.07, 6.45) is 0.852. The second-order valence-electron chi connectivity index (χ2n) is 7.22. The van der Waals surface area contributed by atoms with Crippen LogP contribution in [0.25, 0.3) is 0 Å². The molecular formula is C20H23BrN2OS. The molecule has 0 bridgehead atoms. The Balaban J connectivity index is 1.78. The van der Waals surface area contributed by atoms with E-state index in [-0.39, 0.29) is 11.6 Å². The zero-order chi connectivity index (χ0) is 18.2. The SMILES string of the molecule is Cc1ccc2c(c1)[C@@H](NC(=S)Nc1ccc(Br)c(C)c1)CC(C)(C)O2. The Morgan fingerprint density at radius 3 is 2.68 bits per heavy atom. The van der Waals surface area contributed by atoms with Crippen molar-refractivity contribution in [2.75, 3.05) is 5.32 Å². The molecule has 1 heterocycles. The highest BCUT2D eigenvalue weighted by molar-refractivity contribution is 9.10. The summed E-state index contributed by atoms with van der Waals surface area (Å²) >= 11 is 9.08. The van der Waals surface area contributed by atoms with Crippen LogP contribution in [0.1, 0.15) is 43.0 Å². The molecule has 1 aliphatic heterocycles. The van der Waals surface area contributed by atoms with Gasteiger partial charge in [0.2, 0.25) is 0 Å². The van der Waals surface area contributed by atoms with E-state index in [1.165, 1.54) is 11.1 Å². The smallest absolute Gasteiger partial charge is 0.171 e. The number of anilines is 1. The van der Waals surface area contributed by atoms with Crippen LogP contribution in [0, 0.1) is 13.8 Å². The maximum Gasteiger partial charge on any atom is 0.171 e. The lowest BCUT2D eigenvalue weighted by atomic mass is 9.89. The molecule has 0 saturated heterocycles. The van der Waals surface area contributed by atoms with Gasteiger partial charge in [-0.05, 0) is 69.7 Å². The summed E-state index contributed by atoms with van der Waals surface area (Å²) in [7, 11) is 0. The molecule has 2 aromatic rings. The summed E-state index contributed by atoms with van der Waals surface area (Å²) in [5.41, 5.74) is 4.30. The molecule has 1 atom stereocenters. The maximum absolute atomic E-state index is 6.12. The lowest BCUT2D eigenvalue weighted by molar-refractivity contribution is 0.0696. The summed E-state index contributed by atoms with van der Waals surface area (Å²) in [6.45, 7) is 8.38. The van der Waals surface area contributed by atoms with Crippen molar-refractivity contribution in [3.63, 3.8) is 0 Å². The molecule has 0 fully saturated rings. The lowest BCUT2D eigenvalue weighted by Gasteiger charge is -2.38. The van der Waals surface area contributed by atoms with Crippen molar-refractivity contribution in [2.24, 2.45) is 0 Å². The zero-order valence-electron chi connectivity index (χ0n) is 14.9. The van der Waals surface area contributed by atoms with Gasteiger partial charge in [0.25, 0.3) is 0 Å². The Bertz CT molecular complexity index is 819. The highest BCUT2D eigenvalue weighted by Gasteiger charge is 2.34. The number of aryl methyl sites for hydroxylation is 2. The Morgan fingerprint density at radius 2 is 1.96 bits per heavy atom. The molecule has 0 unspecified atom stereocenters. The first-order valence-electron chi connectivity index (χ1n) is 8.37. The van der Waals surface area contributed by atoms with Gasteiger partial charge in [0.05, 0.1) is 6.04 Å².